The number of hydrogen-bond acceptors (Lipinski definition) is 4. The van der Waals surface area contributed by atoms with Crippen molar-refractivity contribution in [2.45, 2.75) is 69.5 Å². The lowest BCUT2D eigenvalue weighted by Gasteiger charge is -2.28. The summed E-state index contributed by atoms with van der Waals surface area (Å²) in [4.78, 5) is 14.9. The Kier molecular flexibility index (Phi) is 6.16. The Balaban J connectivity index is 1.60. The molecule has 0 saturated heterocycles. The van der Waals surface area contributed by atoms with E-state index in [-0.39, 0.29) is 5.91 Å². The molecule has 0 aliphatic heterocycles. The van der Waals surface area contributed by atoms with Gasteiger partial charge in [-0.2, -0.15) is 5.26 Å². The Hall–Kier alpha value is -2.06. The van der Waals surface area contributed by atoms with E-state index in [1.807, 2.05) is 24.3 Å². The number of rotatable bonds is 7. The molecule has 0 radical (unpaired) electrons. The fourth-order valence-electron chi connectivity index (χ4n) is 3.81. The van der Waals surface area contributed by atoms with Gasteiger partial charge >= 0.3 is 0 Å². The van der Waals surface area contributed by atoms with Crippen molar-refractivity contribution in [3.63, 3.8) is 0 Å². The van der Waals surface area contributed by atoms with Crippen molar-refractivity contribution in [2.24, 2.45) is 0 Å². The minimum absolute atomic E-state index is 0.0196. The molecule has 1 aromatic rings. The molecule has 0 aromatic heterocycles. The minimum atomic E-state index is -0.664. The van der Waals surface area contributed by atoms with E-state index in [1.54, 1.807) is 7.11 Å². The van der Waals surface area contributed by atoms with Gasteiger partial charge in [-0.25, -0.2) is 0 Å². The van der Waals surface area contributed by atoms with E-state index >= 15 is 0 Å². The molecule has 2 aliphatic rings. The summed E-state index contributed by atoms with van der Waals surface area (Å²) in [6.07, 6.45) is 8.20. The quantitative estimate of drug-likeness (QED) is 0.762. The summed E-state index contributed by atoms with van der Waals surface area (Å²) in [6.45, 7) is 1.11. The summed E-state index contributed by atoms with van der Waals surface area (Å²) in [5.41, 5.74) is 0.512. The van der Waals surface area contributed by atoms with Crippen molar-refractivity contribution in [3.8, 4) is 11.8 Å². The van der Waals surface area contributed by atoms with E-state index < -0.39 is 5.54 Å². The van der Waals surface area contributed by atoms with E-state index in [0.29, 0.717) is 12.6 Å². The molecule has 0 spiro atoms. The number of ether oxygens (including phenoxy) is 1. The van der Waals surface area contributed by atoms with Crippen LogP contribution >= 0.6 is 0 Å². The van der Waals surface area contributed by atoms with Crippen molar-refractivity contribution in [2.75, 3.05) is 13.7 Å². The standard InChI is InChI=1S/C21H29N3O2/c1-26-19-10-6-17(7-11-19)14-24(18-8-9-18)15-20(25)23-21(16-22)12-4-2-3-5-13-21/h6-7,10-11,18H,2-5,8-9,12-15H2,1H3,(H,23,25). The lowest BCUT2D eigenvalue weighted by atomic mass is 9.92. The minimum Gasteiger partial charge on any atom is -0.497 e. The van der Waals surface area contributed by atoms with E-state index in [0.717, 1.165) is 63.7 Å². The number of nitrogens with one attached hydrogen (secondary N) is 1. The molecular weight excluding hydrogens is 326 g/mol. The van der Waals surface area contributed by atoms with Crippen LogP contribution in [0.3, 0.4) is 0 Å². The van der Waals surface area contributed by atoms with E-state index in [2.05, 4.69) is 16.3 Å². The molecule has 0 atom stereocenters. The highest BCUT2D eigenvalue weighted by molar-refractivity contribution is 5.79. The van der Waals surface area contributed by atoms with Crippen LogP contribution in [0, 0.1) is 11.3 Å². The number of amides is 1. The molecule has 1 N–H and O–H groups in total. The number of benzene rings is 1. The Labute approximate surface area is 156 Å². The summed E-state index contributed by atoms with van der Waals surface area (Å²) in [6, 6.07) is 10.9. The van der Waals surface area contributed by atoms with Crippen LogP contribution < -0.4 is 10.1 Å². The third kappa shape index (κ3) is 4.98. The van der Waals surface area contributed by atoms with Gasteiger partial charge in [-0.3, -0.25) is 9.69 Å². The predicted molar refractivity (Wildman–Crippen MR) is 101 cm³/mol. The normalized spacial score (nSPS) is 19.4. The van der Waals surface area contributed by atoms with Gasteiger partial charge in [0.2, 0.25) is 5.91 Å². The third-order valence-corrected chi connectivity index (χ3v) is 5.50. The first-order valence-corrected chi connectivity index (χ1v) is 9.73. The maximum Gasteiger partial charge on any atom is 0.235 e. The van der Waals surface area contributed by atoms with Crippen molar-refractivity contribution in [1.29, 1.82) is 5.26 Å². The molecule has 2 saturated carbocycles. The largest absolute Gasteiger partial charge is 0.497 e. The average molecular weight is 355 g/mol. The predicted octanol–water partition coefficient (Wildman–Crippen LogP) is 3.39. The van der Waals surface area contributed by atoms with Gasteiger partial charge in [-0.1, -0.05) is 37.8 Å². The van der Waals surface area contributed by atoms with Gasteiger partial charge in [0.05, 0.1) is 19.7 Å². The van der Waals surface area contributed by atoms with Crippen LogP contribution in [0.1, 0.15) is 56.9 Å². The van der Waals surface area contributed by atoms with Gasteiger partial charge < -0.3 is 10.1 Å². The van der Waals surface area contributed by atoms with Gasteiger partial charge in [-0.15, -0.1) is 0 Å². The van der Waals surface area contributed by atoms with Crippen molar-refractivity contribution in [1.82, 2.24) is 10.2 Å². The zero-order valence-corrected chi connectivity index (χ0v) is 15.7. The molecule has 5 heteroatoms. The Morgan fingerprint density at radius 1 is 1.23 bits per heavy atom. The first-order valence-electron chi connectivity index (χ1n) is 9.73. The Bertz CT molecular complexity index is 638. The summed E-state index contributed by atoms with van der Waals surface area (Å²) in [5, 5.41) is 12.7. The fourth-order valence-corrected chi connectivity index (χ4v) is 3.81. The van der Waals surface area contributed by atoms with Crippen molar-refractivity contribution >= 4 is 5.91 Å². The zero-order valence-electron chi connectivity index (χ0n) is 15.7. The lowest BCUT2D eigenvalue weighted by Crippen LogP contribution is -2.50. The first kappa shape index (κ1) is 18.7. The summed E-state index contributed by atoms with van der Waals surface area (Å²) < 4.78 is 5.21. The van der Waals surface area contributed by atoms with Crippen LogP contribution in [-0.4, -0.2) is 36.0 Å². The van der Waals surface area contributed by atoms with Gasteiger partial charge in [0.1, 0.15) is 11.3 Å². The third-order valence-electron chi connectivity index (χ3n) is 5.50. The summed E-state index contributed by atoms with van der Waals surface area (Å²) >= 11 is 0. The molecule has 2 aliphatic carbocycles. The second-order valence-electron chi connectivity index (χ2n) is 7.64. The monoisotopic (exact) mass is 355 g/mol. The van der Waals surface area contributed by atoms with Crippen molar-refractivity contribution in [3.05, 3.63) is 29.8 Å². The van der Waals surface area contributed by atoms with Crippen LogP contribution in [0.25, 0.3) is 0 Å². The molecule has 0 unspecified atom stereocenters. The van der Waals surface area contributed by atoms with E-state index in [1.165, 1.54) is 5.56 Å². The smallest absolute Gasteiger partial charge is 0.235 e. The first-order chi connectivity index (χ1) is 12.6. The Morgan fingerprint density at radius 2 is 1.88 bits per heavy atom. The average Bonchev–Trinajstić information content (AvgIpc) is 3.50. The maximum absolute atomic E-state index is 12.7. The molecule has 1 aromatic carbocycles. The lowest BCUT2D eigenvalue weighted by molar-refractivity contribution is -0.124. The number of nitriles is 1. The highest BCUT2D eigenvalue weighted by Gasteiger charge is 2.35. The highest BCUT2D eigenvalue weighted by atomic mass is 16.5. The molecule has 26 heavy (non-hydrogen) atoms. The van der Waals surface area contributed by atoms with Gasteiger partial charge in [0, 0.05) is 12.6 Å². The van der Waals surface area contributed by atoms with Gasteiger partial charge in [-0.05, 0) is 43.4 Å². The molecule has 0 heterocycles. The topological polar surface area (TPSA) is 65.4 Å². The van der Waals surface area contributed by atoms with Crippen LogP contribution in [0.4, 0.5) is 0 Å². The van der Waals surface area contributed by atoms with Crippen LogP contribution in [0.5, 0.6) is 5.75 Å². The number of hydrogen-bond donors (Lipinski definition) is 1. The van der Waals surface area contributed by atoms with E-state index in [9.17, 15) is 10.1 Å². The zero-order chi connectivity index (χ0) is 18.4. The van der Waals surface area contributed by atoms with Crippen molar-refractivity contribution < 1.29 is 9.53 Å². The molecule has 5 nitrogen and oxygen atoms in total. The number of methoxy groups -OCH3 is 1. The highest BCUT2D eigenvalue weighted by Crippen LogP contribution is 2.29. The number of carbonyl (C=O) groups excluding carboxylic acids is 1. The summed E-state index contributed by atoms with van der Waals surface area (Å²) in [5.74, 6) is 0.822. The van der Waals surface area contributed by atoms with Crippen LogP contribution in [-0.2, 0) is 11.3 Å². The SMILES string of the molecule is COc1ccc(CN(CC(=O)NC2(C#N)CCCCCC2)C2CC2)cc1. The van der Waals surface area contributed by atoms with Crippen LogP contribution in [0.2, 0.25) is 0 Å². The maximum atomic E-state index is 12.7. The molecule has 140 valence electrons. The number of carbonyl (C=O) groups is 1. The second-order valence-corrected chi connectivity index (χ2v) is 7.64. The van der Waals surface area contributed by atoms with Gasteiger partial charge in [0.15, 0.2) is 0 Å². The molecular formula is C21H29N3O2. The fraction of sp³-hybridized carbons (Fsp3) is 0.619. The van der Waals surface area contributed by atoms with E-state index in [4.69, 9.17) is 4.74 Å². The molecule has 3 rings (SSSR count). The van der Waals surface area contributed by atoms with Gasteiger partial charge in [0.25, 0.3) is 0 Å². The molecule has 2 fully saturated rings. The number of nitrogens with zero attached hydrogens (tertiary/aromatic N) is 2. The second kappa shape index (κ2) is 8.55. The summed E-state index contributed by atoms with van der Waals surface area (Å²) in [7, 11) is 1.66. The molecule has 1 amide bonds. The molecule has 0 bridgehead atoms. The van der Waals surface area contributed by atoms with Crippen LogP contribution in [0.15, 0.2) is 24.3 Å². The Morgan fingerprint density at radius 3 is 2.42 bits per heavy atom.